The molecule has 0 aliphatic rings. The van der Waals surface area contributed by atoms with E-state index in [1.165, 1.54) is 50.5 Å². The lowest BCUT2D eigenvalue weighted by Gasteiger charge is -2.34. The lowest BCUT2D eigenvalue weighted by atomic mass is 9.71. The Labute approximate surface area is 134 Å². The highest BCUT2D eigenvalue weighted by Gasteiger charge is 2.30. The Morgan fingerprint density at radius 2 is 1.52 bits per heavy atom. The van der Waals surface area contributed by atoms with Crippen LogP contribution in [0.4, 0.5) is 0 Å². The first-order valence-corrected chi connectivity index (χ1v) is 9.01. The van der Waals surface area contributed by atoms with Crippen LogP contribution in [-0.4, -0.2) is 5.71 Å². The second-order valence-corrected chi connectivity index (χ2v) is 7.19. The van der Waals surface area contributed by atoms with Gasteiger partial charge in [-0.2, -0.15) is 0 Å². The highest BCUT2D eigenvalue weighted by molar-refractivity contribution is 5.84. The van der Waals surface area contributed by atoms with E-state index < -0.39 is 0 Å². The number of allylic oxidation sites excluding steroid dienone is 2. The molecule has 0 aromatic rings. The molecule has 1 heteroatoms. The van der Waals surface area contributed by atoms with Crippen LogP contribution in [0.5, 0.6) is 0 Å². The van der Waals surface area contributed by atoms with E-state index in [0.717, 1.165) is 18.1 Å². The minimum atomic E-state index is 0.166. The highest BCUT2D eigenvalue weighted by atomic mass is 14.5. The molecule has 0 aromatic carbocycles. The monoisotopic (exact) mass is 293 g/mol. The molecule has 0 radical (unpaired) electrons. The van der Waals surface area contributed by atoms with E-state index in [0.29, 0.717) is 0 Å². The Hall–Kier alpha value is -0.590. The Morgan fingerprint density at radius 3 is 1.90 bits per heavy atom. The van der Waals surface area contributed by atoms with Crippen molar-refractivity contribution in [2.75, 3.05) is 0 Å². The zero-order valence-corrected chi connectivity index (χ0v) is 15.7. The van der Waals surface area contributed by atoms with Crippen molar-refractivity contribution in [3.05, 3.63) is 11.1 Å². The zero-order chi connectivity index (χ0) is 16.5. The van der Waals surface area contributed by atoms with Gasteiger partial charge in [0.1, 0.15) is 0 Å². The largest absolute Gasteiger partial charge is 0.309 e. The molecular weight excluding hydrogens is 254 g/mol. The van der Waals surface area contributed by atoms with Crippen molar-refractivity contribution in [3.63, 3.8) is 0 Å². The van der Waals surface area contributed by atoms with E-state index in [1.807, 2.05) is 6.92 Å². The van der Waals surface area contributed by atoms with Gasteiger partial charge in [-0.1, -0.05) is 51.2 Å². The Morgan fingerprint density at radius 1 is 0.905 bits per heavy atom. The maximum absolute atomic E-state index is 8.25. The second kappa shape index (κ2) is 10.2. The Balaban J connectivity index is 4.84. The fourth-order valence-electron chi connectivity index (χ4n) is 3.47. The van der Waals surface area contributed by atoms with Crippen molar-refractivity contribution in [2.45, 2.75) is 99.8 Å². The molecule has 0 saturated heterocycles. The van der Waals surface area contributed by atoms with Crippen molar-refractivity contribution >= 4 is 5.71 Å². The quantitative estimate of drug-likeness (QED) is 0.308. The molecule has 0 rings (SSSR count). The van der Waals surface area contributed by atoms with Crippen LogP contribution in [0.3, 0.4) is 0 Å². The number of hydrogen-bond acceptors (Lipinski definition) is 1. The second-order valence-electron chi connectivity index (χ2n) is 7.19. The lowest BCUT2D eigenvalue weighted by Crippen LogP contribution is -2.28. The number of hydrogen-bond donors (Lipinski definition) is 1. The molecule has 0 saturated carbocycles. The van der Waals surface area contributed by atoms with Crippen molar-refractivity contribution in [1.29, 1.82) is 5.41 Å². The Bertz CT molecular complexity index is 336. The molecule has 124 valence electrons. The van der Waals surface area contributed by atoms with Crippen molar-refractivity contribution in [1.82, 2.24) is 0 Å². The van der Waals surface area contributed by atoms with Crippen molar-refractivity contribution in [3.8, 4) is 0 Å². The summed E-state index contributed by atoms with van der Waals surface area (Å²) in [6.45, 7) is 15.6. The molecule has 2 unspecified atom stereocenters. The van der Waals surface area contributed by atoms with Gasteiger partial charge < -0.3 is 5.41 Å². The number of rotatable bonds is 11. The van der Waals surface area contributed by atoms with E-state index in [-0.39, 0.29) is 5.41 Å². The van der Waals surface area contributed by atoms with E-state index >= 15 is 0 Å². The molecule has 0 amide bonds. The van der Waals surface area contributed by atoms with E-state index in [2.05, 4.69) is 41.5 Å². The first-order valence-electron chi connectivity index (χ1n) is 9.01. The molecule has 1 N–H and O–H groups in total. The summed E-state index contributed by atoms with van der Waals surface area (Å²) in [4.78, 5) is 0. The van der Waals surface area contributed by atoms with Crippen molar-refractivity contribution in [2.24, 2.45) is 11.3 Å². The number of nitrogens with one attached hydrogen (secondary N) is 1. The summed E-state index contributed by atoms with van der Waals surface area (Å²) in [6, 6.07) is 0. The minimum absolute atomic E-state index is 0.166. The first kappa shape index (κ1) is 20.4. The van der Waals surface area contributed by atoms with Gasteiger partial charge in [-0.05, 0) is 65.7 Å². The SMILES string of the molecule is CCCC(CCC(CC)(CCC)C(C)=N)CC(C)=C(C)C. The van der Waals surface area contributed by atoms with Crippen LogP contribution in [0.2, 0.25) is 0 Å². The highest BCUT2D eigenvalue weighted by Crippen LogP contribution is 2.37. The third-order valence-corrected chi connectivity index (χ3v) is 5.38. The third kappa shape index (κ3) is 6.80. The van der Waals surface area contributed by atoms with Gasteiger partial charge in [-0.3, -0.25) is 0 Å². The van der Waals surface area contributed by atoms with E-state index in [1.54, 1.807) is 5.57 Å². The normalized spacial score (nSPS) is 15.4. The van der Waals surface area contributed by atoms with Gasteiger partial charge in [0, 0.05) is 11.1 Å². The van der Waals surface area contributed by atoms with Gasteiger partial charge in [0.05, 0.1) is 0 Å². The summed E-state index contributed by atoms with van der Waals surface area (Å²) < 4.78 is 0. The van der Waals surface area contributed by atoms with Crippen molar-refractivity contribution < 1.29 is 0 Å². The fraction of sp³-hybridized carbons (Fsp3) is 0.850. The summed E-state index contributed by atoms with van der Waals surface area (Å²) in [6.07, 6.45) is 9.82. The molecule has 1 nitrogen and oxygen atoms in total. The molecule has 0 aliphatic heterocycles. The molecule has 0 bridgehead atoms. The lowest BCUT2D eigenvalue weighted by molar-refractivity contribution is 0.288. The maximum Gasteiger partial charge on any atom is 0.0120 e. The molecular formula is C20H39N. The summed E-state index contributed by atoms with van der Waals surface area (Å²) in [5.41, 5.74) is 4.12. The van der Waals surface area contributed by atoms with Crippen LogP contribution >= 0.6 is 0 Å². The van der Waals surface area contributed by atoms with Crippen LogP contribution in [-0.2, 0) is 0 Å². The Kier molecular flexibility index (Phi) is 9.90. The summed E-state index contributed by atoms with van der Waals surface area (Å²) in [5, 5.41) is 8.25. The van der Waals surface area contributed by atoms with Crippen LogP contribution in [0, 0.1) is 16.7 Å². The standard InChI is InChI=1S/C20H39N/c1-8-11-19(15-17(6)16(4)5)12-14-20(10-3,13-9-2)18(7)21/h19,21H,8-15H2,1-7H3. The first-order chi connectivity index (χ1) is 9.82. The topological polar surface area (TPSA) is 23.9 Å². The average Bonchev–Trinajstić information content (AvgIpc) is 2.42. The predicted molar refractivity (Wildman–Crippen MR) is 97.3 cm³/mol. The minimum Gasteiger partial charge on any atom is -0.309 e. The molecule has 0 aliphatic carbocycles. The molecule has 0 spiro atoms. The molecule has 0 heterocycles. The molecule has 2 atom stereocenters. The van der Waals surface area contributed by atoms with Gasteiger partial charge in [0.25, 0.3) is 0 Å². The summed E-state index contributed by atoms with van der Waals surface area (Å²) in [5.74, 6) is 0.798. The summed E-state index contributed by atoms with van der Waals surface area (Å²) in [7, 11) is 0. The van der Waals surface area contributed by atoms with Gasteiger partial charge in [-0.25, -0.2) is 0 Å². The zero-order valence-electron chi connectivity index (χ0n) is 15.7. The predicted octanol–water partition coefficient (Wildman–Crippen LogP) is 7.17. The summed E-state index contributed by atoms with van der Waals surface area (Å²) >= 11 is 0. The van der Waals surface area contributed by atoms with Gasteiger partial charge in [-0.15, -0.1) is 0 Å². The smallest absolute Gasteiger partial charge is 0.0120 e. The molecule has 0 aromatic heterocycles. The van der Waals surface area contributed by atoms with Crippen LogP contribution in [0.15, 0.2) is 11.1 Å². The van der Waals surface area contributed by atoms with Gasteiger partial charge in [0.2, 0.25) is 0 Å². The third-order valence-electron chi connectivity index (χ3n) is 5.38. The van der Waals surface area contributed by atoms with Crippen LogP contribution < -0.4 is 0 Å². The van der Waals surface area contributed by atoms with E-state index in [9.17, 15) is 0 Å². The fourth-order valence-corrected chi connectivity index (χ4v) is 3.47. The average molecular weight is 294 g/mol. The van der Waals surface area contributed by atoms with E-state index in [4.69, 9.17) is 5.41 Å². The molecule has 0 fully saturated rings. The molecule has 21 heavy (non-hydrogen) atoms. The maximum atomic E-state index is 8.25. The van der Waals surface area contributed by atoms with Crippen LogP contribution in [0.1, 0.15) is 99.8 Å². The van der Waals surface area contributed by atoms with Gasteiger partial charge in [0.15, 0.2) is 0 Å². The van der Waals surface area contributed by atoms with Crippen LogP contribution in [0.25, 0.3) is 0 Å². The van der Waals surface area contributed by atoms with Gasteiger partial charge >= 0.3 is 0 Å².